The molecule has 0 spiro atoms. The first-order valence-corrected chi connectivity index (χ1v) is 6.73. The van der Waals surface area contributed by atoms with Crippen LogP contribution in [-0.2, 0) is 9.53 Å². The Hall–Kier alpha value is -3.29. The zero-order chi connectivity index (χ0) is 16.2. The minimum Gasteiger partial charge on any atom is -0.452 e. The van der Waals surface area contributed by atoms with Gasteiger partial charge in [0.15, 0.2) is 12.4 Å². The summed E-state index contributed by atoms with van der Waals surface area (Å²) in [6.45, 7) is 1.26. The van der Waals surface area contributed by atoms with Crippen LogP contribution in [0.3, 0.4) is 0 Å². The van der Waals surface area contributed by atoms with Crippen molar-refractivity contribution in [2.75, 3.05) is 11.9 Å². The lowest BCUT2D eigenvalue weighted by Crippen LogP contribution is -2.21. The average molecular weight is 312 g/mol. The molecule has 3 aromatic rings. The Morgan fingerprint density at radius 2 is 2.09 bits per heavy atom. The summed E-state index contributed by atoms with van der Waals surface area (Å²) >= 11 is 0. The van der Waals surface area contributed by atoms with E-state index >= 15 is 0 Å². The van der Waals surface area contributed by atoms with Crippen LogP contribution in [0.15, 0.2) is 41.2 Å². The number of anilines is 1. The van der Waals surface area contributed by atoms with Gasteiger partial charge in [-0.15, -0.1) is 0 Å². The normalized spacial score (nSPS) is 10.5. The Labute approximate surface area is 130 Å². The molecule has 8 nitrogen and oxygen atoms in total. The van der Waals surface area contributed by atoms with Crippen LogP contribution in [0.25, 0.3) is 11.0 Å². The van der Waals surface area contributed by atoms with Crippen molar-refractivity contribution in [2.45, 2.75) is 6.92 Å². The number of nitrogens with zero attached hydrogens (tertiary/aromatic N) is 3. The fourth-order valence-corrected chi connectivity index (χ4v) is 1.97. The summed E-state index contributed by atoms with van der Waals surface area (Å²) in [5.74, 6) is -0.341. The minimum atomic E-state index is -0.650. The van der Waals surface area contributed by atoms with E-state index in [4.69, 9.17) is 9.26 Å². The van der Waals surface area contributed by atoms with Crippen molar-refractivity contribution in [3.05, 3.63) is 48.0 Å². The predicted octanol–water partition coefficient (Wildman–Crippen LogP) is 1.72. The summed E-state index contributed by atoms with van der Waals surface area (Å²) < 4.78 is 9.82. The second-order valence-electron chi connectivity index (χ2n) is 4.68. The van der Waals surface area contributed by atoms with E-state index in [1.54, 1.807) is 31.2 Å². The SMILES string of the molecule is Cc1cc(NC(=O)COC(=O)c2cccc3nccnc23)no1. The monoisotopic (exact) mass is 312 g/mol. The summed E-state index contributed by atoms with van der Waals surface area (Å²) in [6.07, 6.45) is 3.02. The van der Waals surface area contributed by atoms with E-state index in [1.165, 1.54) is 12.4 Å². The Morgan fingerprint density at radius 3 is 2.87 bits per heavy atom. The molecule has 0 bridgehead atoms. The number of esters is 1. The summed E-state index contributed by atoms with van der Waals surface area (Å²) in [5.41, 5.74) is 1.25. The highest BCUT2D eigenvalue weighted by Crippen LogP contribution is 2.15. The first kappa shape index (κ1) is 14.6. The summed E-state index contributed by atoms with van der Waals surface area (Å²) in [6, 6.07) is 6.53. The molecule has 0 saturated heterocycles. The van der Waals surface area contributed by atoms with Gasteiger partial charge in [0.05, 0.1) is 11.1 Å². The molecule has 8 heteroatoms. The van der Waals surface area contributed by atoms with Gasteiger partial charge in [0.1, 0.15) is 11.3 Å². The molecule has 2 aromatic heterocycles. The molecule has 23 heavy (non-hydrogen) atoms. The van der Waals surface area contributed by atoms with E-state index in [1.807, 2.05) is 0 Å². The number of aromatic nitrogens is 3. The highest BCUT2D eigenvalue weighted by molar-refractivity contribution is 6.02. The van der Waals surface area contributed by atoms with Gasteiger partial charge in [0.2, 0.25) is 0 Å². The van der Waals surface area contributed by atoms with E-state index in [2.05, 4.69) is 20.4 Å². The van der Waals surface area contributed by atoms with Crippen molar-refractivity contribution in [3.8, 4) is 0 Å². The maximum Gasteiger partial charge on any atom is 0.340 e. The Balaban J connectivity index is 1.65. The molecule has 0 atom stereocenters. The molecule has 1 aromatic carbocycles. The van der Waals surface area contributed by atoms with Gasteiger partial charge in [0, 0.05) is 18.5 Å². The number of ether oxygens (including phenoxy) is 1. The number of aryl methyl sites for hydroxylation is 1. The summed E-state index contributed by atoms with van der Waals surface area (Å²) in [5, 5.41) is 6.07. The Kier molecular flexibility index (Phi) is 3.96. The number of para-hydroxylation sites is 1. The van der Waals surface area contributed by atoms with E-state index < -0.39 is 18.5 Å². The van der Waals surface area contributed by atoms with Gasteiger partial charge >= 0.3 is 5.97 Å². The molecule has 2 heterocycles. The number of amides is 1. The molecule has 116 valence electrons. The van der Waals surface area contributed by atoms with E-state index in [9.17, 15) is 9.59 Å². The molecular weight excluding hydrogens is 300 g/mol. The molecule has 0 aliphatic heterocycles. The maximum absolute atomic E-state index is 12.1. The second-order valence-corrected chi connectivity index (χ2v) is 4.68. The van der Waals surface area contributed by atoms with Crippen LogP contribution in [0, 0.1) is 6.92 Å². The molecule has 0 aliphatic rings. The highest BCUT2D eigenvalue weighted by Gasteiger charge is 2.15. The van der Waals surface area contributed by atoms with Gasteiger partial charge in [-0.1, -0.05) is 11.2 Å². The lowest BCUT2D eigenvalue weighted by atomic mass is 10.2. The van der Waals surface area contributed by atoms with E-state index in [0.717, 1.165) is 0 Å². The number of nitrogens with one attached hydrogen (secondary N) is 1. The Morgan fingerprint density at radius 1 is 1.26 bits per heavy atom. The van der Waals surface area contributed by atoms with Gasteiger partial charge in [-0.25, -0.2) is 4.79 Å². The van der Waals surface area contributed by atoms with Gasteiger partial charge < -0.3 is 14.6 Å². The summed E-state index contributed by atoms with van der Waals surface area (Å²) in [4.78, 5) is 32.1. The molecule has 0 radical (unpaired) electrons. The number of rotatable bonds is 4. The highest BCUT2D eigenvalue weighted by atomic mass is 16.5. The van der Waals surface area contributed by atoms with Gasteiger partial charge in [-0.05, 0) is 19.1 Å². The van der Waals surface area contributed by atoms with Crippen LogP contribution < -0.4 is 5.32 Å². The molecule has 0 fully saturated rings. The van der Waals surface area contributed by atoms with Crippen molar-refractivity contribution in [1.82, 2.24) is 15.1 Å². The van der Waals surface area contributed by atoms with Crippen LogP contribution in [0.2, 0.25) is 0 Å². The largest absolute Gasteiger partial charge is 0.452 e. The zero-order valence-electron chi connectivity index (χ0n) is 12.1. The second kappa shape index (κ2) is 6.22. The molecule has 0 aliphatic carbocycles. The van der Waals surface area contributed by atoms with Gasteiger partial charge in [-0.3, -0.25) is 14.8 Å². The van der Waals surface area contributed by atoms with Crippen LogP contribution in [0.4, 0.5) is 5.82 Å². The molecule has 0 unspecified atom stereocenters. The molecule has 1 N–H and O–H groups in total. The summed E-state index contributed by atoms with van der Waals surface area (Å²) in [7, 11) is 0. The maximum atomic E-state index is 12.1. The smallest absolute Gasteiger partial charge is 0.340 e. The molecule has 3 rings (SSSR count). The molecule has 1 amide bonds. The number of hydrogen-bond donors (Lipinski definition) is 1. The van der Waals surface area contributed by atoms with Crippen LogP contribution in [-0.4, -0.2) is 33.6 Å². The standard InChI is InChI=1S/C15H12N4O4/c1-9-7-12(19-23-9)18-13(20)8-22-15(21)10-3-2-4-11-14(10)17-6-5-16-11/h2-7H,8H2,1H3,(H,18,19,20). The number of benzene rings is 1. The number of carbonyl (C=O) groups excluding carboxylic acids is 2. The first-order valence-electron chi connectivity index (χ1n) is 6.73. The van der Waals surface area contributed by atoms with E-state index in [0.29, 0.717) is 16.8 Å². The number of hydrogen-bond acceptors (Lipinski definition) is 7. The quantitative estimate of drug-likeness (QED) is 0.731. The third-order valence-electron chi connectivity index (χ3n) is 2.95. The van der Waals surface area contributed by atoms with Gasteiger partial charge in [0.25, 0.3) is 5.91 Å². The van der Waals surface area contributed by atoms with Crippen LogP contribution in [0.5, 0.6) is 0 Å². The molecule has 0 saturated carbocycles. The lowest BCUT2D eigenvalue weighted by molar-refractivity contribution is -0.119. The van der Waals surface area contributed by atoms with Crippen molar-refractivity contribution >= 4 is 28.7 Å². The fraction of sp³-hybridized carbons (Fsp3) is 0.133. The zero-order valence-corrected chi connectivity index (χ0v) is 12.1. The van der Waals surface area contributed by atoms with Crippen LogP contribution in [0.1, 0.15) is 16.1 Å². The van der Waals surface area contributed by atoms with Crippen LogP contribution >= 0.6 is 0 Å². The average Bonchev–Trinajstić information content (AvgIpc) is 2.97. The predicted molar refractivity (Wildman–Crippen MR) is 79.7 cm³/mol. The van der Waals surface area contributed by atoms with Crippen molar-refractivity contribution in [3.63, 3.8) is 0 Å². The molecular formula is C15H12N4O4. The van der Waals surface area contributed by atoms with Crippen molar-refractivity contribution < 1.29 is 18.8 Å². The van der Waals surface area contributed by atoms with Crippen molar-refractivity contribution in [2.24, 2.45) is 0 Å². The topological polar surface area (TPSA) is 107 Å². The fourth-order valence-electron chi connectivity index (χ4n) is 1.97. The van der Waals surface area contributed by atoms with Gasteiger partial charge in [-0.2, -0.15) is 0 Å². The third-order valence-corrected chi connectivity index (χ3v) is 2.95. The number of fused-ring (bicyclic) bond motifs is 1. The Bertz CT molecular complexity index is 869. The number of carbonyl (C=O) groups is 2. The van der Waals surface area contributed by atoms with Crippen molar-refractivity contribution in [1.29, 1.82) is 0 Å². The minimum absolute atomic E-state index is 0.251. The lowest BCUT2D eigenvalue weighted by Gasteiger charge is -2.06. The first-order chi connectivity index (χ1) is 11.1. The van der Waals surface area contributed by atoms with E-state index in [-0.39, 0.29) is 11.4 Å². The third kappa shape index (κ3) is 3.31.